The first kappa shape index (κ1) is 31.5. The van der Waals surface area contributed by atoms with Crippen LogP contribution in [0.2, 0.25) is 0 Å². The van der Waals surface area contributed by atoms with E-state index in [9.17, 15) is 24.0 Å². The van der Waals surface area contributed by atoms with Gasteiger partial charge in [0.25, 0.3) is 0 Å². The van der Waals surface area contributed by atoms with Gasteiger partial charge in [0.2, 0.25) is 17.7 Å². The lowest BCUT2D eigenvalue weighted by atomic mass is 9.96. The number of methoxy groups -OCH3 is 1. The molecule has 2 aromatic carbocycles. The minimum Gasteiger partial charge on any atom is -0.497 e. The summed E-state index contributed by atoms with van der Waals surface area (Å²) in [5, 5.41) is 16.3. The Labute approximate surface area is 265 Å². The molecule has 0 radical (unpaired) electrons. The van der Waals surface area contributed by atoms with Gasteiger partial charge in [0.05, 0.1) is 24.2 Å². The van der Waals surface area contributed by atoms with Crippen molar-refractivity contribution in [3.05, 3.63) is 75.9 Å². The molecule has 2 aliphatic rings. The standard InChI is InChI=1S/C33H35FN4O4S2/c1-42-25-16-14-24(15-17-25)38(31(21-10-12-22(34)13-11-21)32(41)36-23-6-2-3-7-23)30(40)20-43-19-29(39)37-33-27(18-35)26-8-4-5-9-28(26)44-33/h10-17,23,31H,2-9,19-20H2,1H3,(H,36,41)(H,37,39)/t31-/m1/s1. The fourth-order valence-corrected chi connectivity index (χ4v) is 7.76. The molecule has 0 spiro atoms. The summed E-state index contributed by atoms with van der Waals surface area (Å²) in [5.74, 6) is -0.978. The van der Waals surface area contributed by atoms with E-state index in [4.69, 9.17) is 4.74 Å². The van der Waals surface area contributed by atoms with Gasteiger partial charge < -0.3 is 15.4 Å². The SMILES string of the molecule is COc1ccc(N(C(=O)CSCC(=O)Nc2sc3c(c2C#N)CCCC3)[C@@H](C(=O)NC2CCCC2)c2ccc(F)cc2)cc1. The van der Waals surface area contributed by atoms with Crippen molar-refractivity contribution in [3.63, 3.8) is 0 Å². The lowest BCUT2D eigenvalue weighted by molar-refractivity contribution is -0.126. The summed E-state index contributed by atoms with van der Waals surface area (Å²) in [5.41, 5.74) is 2.53. The summed E-state index contributed by atoms with van der Waals surface area (Å²) in [6.07, 6.45) is 7.65. The number of benzene rings is 2. The van der Waals surface area contributed by atoms with Crippen molar-refractivity contribution in [2.45, 2.75) is 63.5 Å². The van der Waals surface area contributed by atoms with Gasteiger partial charge in [-0.3, -0.25) is 19.3 Å². The molecule has 44 heavy (non-hydrogen) atoms. The molecular weight excluding hydrogens is 600 g/mol. The first-order valence-corrected chi connectivity index (χ1v) is 16.8. The van der Waals surface area contributed by atoms with Crippen LogP contribution in [0.1, 0.15) is 66.1 Å². The Kier molecular flexibility index (Phi) is 10.6. The fraction of sp³-hybridized carbons (Fsp3) is 0.394. The van der Waals surface area contributed by atoms with Crippen molar-refractivity contribution < 1.29 is 23.5 Å². The number of aryl methyl sites for hydroxylation is 1. The molecule has 230 valence electrons. The number of anilines is 2. The smallest absolute Gasteiger partial charge is 0.248 e. The number of amides is 3. The summed E-state index contributed by atoms with van der Waals surface area (Å²) in [4.78, 5) is 43.3. The number of nitrogens with one attached hydrogen (secondary N) is 2. The van der Waals surface area contributed by atoms with E-state index in [1.807, 2.05) is 0 Å². The number of hydrogen-bond donors (Lipinski definition) is 2. The highest BCUT2D eigenvalue weighted by Crippen LogP contribution is 2.38. The van der Waals surface area contributed by atoms with Crippen LogP contribution in [0.15, 0.2) is 48.5 Å². The minimum atomic E-state index is -1.05. The van der Waals surface area contributed by atoms with Gasteiger partial charge in [-0.15, -0.1) is 23.1 Å². The molecule has 0 aliphatic heterocycles. The number of thioether (sulfide) groups is 1. The number of halogens is 1. The van der Waals surface area contributed by atoms with Gasteiger partial charge >= 0.3 is 0 Å². The van der Waals surface area contributed by atoms with Crippen LogP contribution in [0.25, 0.3) is 0 Å². The topological polar surface area (TPSA) is 112 Å². The minimum absolute atomic E-state index is 0.00882. The van der Waals surface area contributed by atoms with Crippen LogP contribution in [-0.2, 0) is 27.2 Å². The predicted molar refractivity (Wildman–Crippen MR) is 172 cm³/mol. The summed E-state index contributed by atoms with van der Waals surface area (Å²) >= 11 is 2.59. The van der Waals surface area contributed by atoms with Crippen molar-refractivity contribution in [2.75, 3.05) is 28.8 Å². The molecule has 1 atom stereocenters. The maximum absolute atomic E-state index is 13.9. The second kappa shape index (κ2) is 14.7. The Morgan fingerprint density at radius 3 is 2.43 bits per heavy atom. The van der Waals surface area contributed by atoms with Crippen molar-refractivity contribution in [1.82, 2.24) is 5.32 Å². The molecule has 1 fully saturated rings. The number of rotatable bonds is 11. The van der Waals surface area contributed by atoms with E-state index < -0.39 is 11.9 Å². The maximum Gasteiger partial charge on any atom is 0.248 e. The molecule has 1 heterocycles. The highest BCUT2D eigenvalue weighted by atomic mass is 32.2. The Morgan fingerprint density at radius 2 is 1.75 bits per heavy atom. The first-order chi connectivity index (χ1) is 21.4. The molecule has 0 saturated heterocycles. The normalized spacial score (nSPS) is 15.1. The third-order valence-corrected chi connectivity index (χ3v) is 10.1. The van der Waals surface area contributed by atoms with Crippen molar-refractivity contribution in [3.8, 4) is 11.8 Å². The molecule has 2 N–H and O–H groups in total. The van der Waals surface area contributed by atoms with Gasteiger partial charge in [-0.05, 0) is 86.1 Å². The fourth-order valence-electron chi connectivity index (χ4n) is 5.83. The highest BCUT2D eigenvalue weighted by molar-refractivity contribution is 8.00. The number of ether oxygens (including phenoxy) is 1. The lowest BCUT2D eigenvalue weighted by Crippen LogP contribution is -2.47. The number of thiophene rings is 1. The molecule has 5 rings (SSSR count). The average molecular weight is 635 g/mol. The molecule has 2 aliphatic carbocycles. The summed E-state index contributed by atoms with van der Waals surface area (Å²) in [6.45, 7) is 0. The van der Waals surface area contributed by atoms with E-state index in [-0.39, 0.29) is 35.3 Å². The second-order valence-corrected chi connectivity index (χ2v) is 13.1. The van der Waals surface area contributed by atoms with Crippen LogP contribution in [0.5, 0.6) is 5.75 Å². The second-order valence-electron chi connectivity index (χ2n) is 11.0. The van der Waals surface area contributed by atoms with Crippen molar-refractivity contribution in [1.29, 1.82) is 5.26 Å². The van der Waals surface area contributed by atoms with Crippen molar-refractivity contribution >= 4 is 51.5 Å². The van der Waals surface area contributed by atoms with E-state index in [2.05, 4.69) is 16.7 Å². The Bertz CT molecular complexity index is 1530. The Balaban J connectivity index is 1.35. The van der Waals surface area contributed by atoms with E-state index in [0.29, 0.717) is 27.6 Å². The van der Waals surface area contributed by atoms with E-state index >= 15 is 0 Å². The predicted octanol–water partition coefficient (Wildman–Crippen LogP) is 6.15. The average Bonchev–Trinajstić information content (AvgIpc) is 3.67. The summed E-state index contributed by atoms with van der Waals surface area (Å²) in [6, 6.07) is 13.6. The molecule has 3 amide bonds. The molecule has 0 bridgehead atoms. The van der Waals surface area contributed by atoms with Gasteiger partial charge in [0, 0.05) is 16.6 Å². The van der Waals surface area contributed by atoms with Gasteiger partial charge in [-0.1, -0.05) is 25.0 Å². The van der Waals surface area contributed by atoms with E-state index in [1.54, 1.807) is 31.4 Å². The lowest BCUT2D eigenvalue weighted by Gasteiger charge is -2.32. The molecule has 1 aromatic heterocycles. The zero-order chi connectivity index (χ0) is 31.1. The molecule has 3 aromatic rings. The number of hydrogen-bond acceptors (Lipinski definition) is 7. The van der Waals surface area contributed by atoms with Crippen LogP contribution in [0.4, 0.5) is 15.1 Å². The third-order valence-electron chi connectivity index (χ3n) is 8.01. The van der Waals surface area contributed by atoms with E-state index in [1.165, 1.54) is 40.5 Å². The number of nitriles is 1. The van der Waals surface area contributed by atoms with Crippen LogP contribution in [0.3, 0.4) is 0 Å². The zero-order valence-electron chi connectivity index (χ0n) is 24.6. The zero-order valence-corrected chi connectivity index (χ0v) is 26.2. The van der Waals surface area contributed by atoms with Crippen LogP contribution >= 0.6 is 23.1 Å². The Morgan fingerprint density at radius 1 is 1.05 bits per heavy atom. The highest BCUT2D eigenvalue weighted by Gasteiger charge is 2.34. The number of fused-ring (bicyclic) bond motifs is 1. The van der Waals surface area contributed by atoms with Crippen LogP contribution in [-0.4, -0.2) is 42.4 Å². The van der Waals surface area contributed by atoms with Crippen molar-refractivity contribution in [2.24, 2.45) is 0 Å². The Hall–Kier alpha value is -3.88. The van der Waals surface area contributed by atoms with Gasteiger partial charge in [0.1, 0.15) is 28.7 Å². The van der Waals surface area contributed by atoms with Crippen LogP contribution < -0.4 is 20.3 Å². The van der Waals surface area contributed by atoms with E-state index in [0.717, 1.165) is 73.6 Å². The number of carbonyl (C=O) groups is 3. The monoisotopic (exact) mass is 634 g/mol. The molecule has 8 nitrogen and oxygen atoms in total. The molecule has 11 heteroatoms. The first-order valence-electron chi connectivity index (χ1n) is 14.8. The molecular formula is C33H35FN4O4S2. The molecule has 1 saturated carbocycles. The van der Waals surface area contributed by atoms with Crippen LogP contribution in [0, 0.1) is 17.1 Å². The number of carbonyl (C=O) groups excluding carboxylic acids is 3. The maximum atomic E-state index is 13.9. The molecule has 0 unspecified atom stereocenters. The van der Waals surface area contributed by atoms with Gasteiger partial charge in [0.15, 0.2) is 0 Å². The summed E-state index contributed by atoms with van der Waals surface area (Å²) in [7, 11) is 1.54. The quantitative estimate of drug-likeness (QED) is 0.262. The van der Waals surface area contributed by atoms with Gasteiger partial charge in [-0.2, -0.15) is 5.26 Å². The van der Waals surface area contributed by atoms with Gasteiger partial charge in [-0.25, -0.2) is 4.39 Å². The summed E-state index contributed by atoms with van der Waals surface area (Å²) < 4.78 is 19.2. The third kappa shape index (κ3) is 7.42. The largest absolute Gasteiger partial charge is 0.497 e. The number of nitrogens with zero attached hydrogens (tertiary/aromatic N) is 2.